The van der Waals surface area contributed by atoms with E-state index < -0.39 is 10.0 Å². The number of rotatable bonds is 7. The normalized spacial score (nSPS) is 11.5. The van der Waals surface area contributed by atoms with E-state index in [0.717, 1.165) is 0 Å². The quantitative estimate of drug-likeness (QED) is 0.788. The van der Waals surface area contributed by atoms with Gasteiger partial charge in [0.15, 0.2) is 0 Å². The molecule has 0 aliphatic heterocycles. The minimum atomic E-state index is -3.72. The van der Waals surface area contributed by atoms with Gasteiger partial charge in [-0.15, -0.1) is 0 Å². The van der Waals surface area contributed by atoms with Crippen LogP contribution in [0.25, 0.3) is 0 Å². The van der Waals surface area contributed by atoms with Gasteiger partial charge in [-0.05, 0) is 36.6 Å². The maximum atomic E-state index is 12.2. The lowest BCUT2D eigenvalue weighted by molar-refractivity contribution is -0.120. The zero-order valence-corrected chi connectivity index (χ0v) is 13.6. The summed E-state index contributed by atoms with van der Waals surface area (Å²) >= 11 is 0. The van der Waals surface area contributed by atoms with Crippen LogP contribution in [0.3, 0.4) is 0 Å². The van der Waals surface area contributed by atoms with E-state index in [9.17, 15) is 13.2 Å². The highest BCUT2D eigenvalue weighted by molar-refractivity contribution is 7.89. The van der Waals surface area contributed by atoms with Crippen molar-refractivity contribution < 1.29 is 17.9 Å². The van der Waals surface area contributed by atoms with E-state index in [1.807, 2.05) is 13.8 Å². The minimum absolute atomic E-state index is 0.139. The fraction of sp³-hybridized carbons (Fsp3) is 0.500. The minimum Gasteiger partial charge on any atom is -0.497 e. The van der Waals surface area contributed by atoms with Crippen LogP contribution < -0.4 is 14.8 Å². The van der Waals surface area contributed by atoms with Gasteiger partial charge in [0.25, 0.3) is 0 Å². The molecule has 2 N–H and O–H groups in total. The second-order valence-corrected chi connectivity index (χ2v) is 6.89. The number of ether oxygens (including phenoxy) is 1. The standard InChI is InChI=1S/C14H22N2O4S/c1-10(2)8-15-14(17)9-16-21(18,19)13-6-5-12(20-4)7-11(13)3/h5-7,10,16H,8-9H2,1-4H3,(H,15,17). The van der Waals surface area contributed by atoms with Crippen LogP contribution in [0.1, 0.15) is 19.4 Å². The molecule has 0 fully saturated rings. The molecule has 1 aromatic carbocycles. The lowest BCUT2D eigenvalue weighted by Crippen LogP contribution is -2.38. The zero-order valence-electron chi connectivity index (χ0n) is 12.8. The van der Waals surface area contributed by atoms with Crippen LogP contribution in [0.4, 0.5) is 0 Å². The molecule has 7 heteroatoms. The predicted octanol–water partition coefficient (Wildman–Crippen LogP) is 1.05. The molecule has 0 bridgehead atoms. The average Bonchev–Trinajstić information content (AvgIpc) is 2.42. The number of amides is 1. The predicted molar refractivity (Wildman–Crippen MR) is 80.8 cm³/mol. The third-order valence-corrected chi connectivity index (χ3v) is 4.36. The monoisotopic (exact) mass is 314 g/mol. The number of hydrogen-bond donors (Lipinski definition) is 2. The van der Waals surface area contributed by atoms with Gasteiger partial charge in [0.05, 0.1) is 18.6 Å². The van der Waals surface area contributed by atoms with Gasteiger partial charge in [-0.3, -0.25) is 4.79 Å². The number of aryl methyl sites for hydroxylation is 1. The third kappa shape index (κ3) is 5.35. The number of carbonyl (C=O) groups is 1. The molecule has 0 aromatic heterocycles. The lowest BCUT2D eigenvalue weighted by atomic mass is 10.2. The molecule has 0 heterocycles. The zero-order chi connectivity index (χ0) is 16.0. The van der Waals surface area contributed by atoms with Crippen LogP contribution >= 0.6 is 0 Å². The Balaban J connectivity index is 2.72. The van der Waals surface area contributed by atoms with Gasteiger partial charge >= 0.3 is 0 Å². The lowest BCUT2D eigenvalue weighted by Gasteiger charge is -2.11. The Morgan fingerprint density at radius 3 is 2.52 bits per heavy atom. The van der Waals surface area contributed by atoms with Crippen molar-refractivity contribution in [2.24, 2.45) is 5.92 Å². The smallest absolute Gasteiger partial charge is 0.241 e. The second-order valence-electron chi connectivity index (χ2n) is 5.15. The number of methoxy groups -OCH3 is 1. The molecule has 0 aliphatic carbocycles. The Morgan fingerprint density at radius 2 is 2.00 bits per heavy atom. The van der Waals surface area contributed by atoms with Crippen LogP contribution in [0, 0.1) is 12.8 Å². The molecular weight excluding hydrogens is 292 g/mol. The third-order valence-electron chi connectivity index (χ3n) is 2.80. The van der Waals surface area contributed by atoms with Gasteiger partial charge in [-0.25, -0.2) is 13.1 Å². The van der Waals surface area contributed by atoms with Crippen molar-refractivity contribution in [2.75, 3.05) is 20.2 Å². The molecule has 0 spiro atoms. The molecule has 0 unspecified atom stereocenters. The number of carbonyl (C=O) groups excluding carboxylic acids is 1. The SMILES string of the molecule is COc1ccc(S(=O)(=O)NCC(=O)NCC(C)C)c(C)c1. The van der Waals surface area contributed by atoms with E-state index in [1.165, 1.54) is 13.2 Å². The van der Waals surface area contributed by atoms with E-state index in [0.29, 0.717) is 23.8 Å². The highest BCUT2D eigenvalue weighted by Gasteiger charge is 2.18. The molecule has 1 amide bonds. The summed E-state index contributed by atoms with van der Waals surface area (Å²) in [6.07, 6.45) is 0. The first-order valence-corrected chi connectivity index (χ1v) is 8.15. The molecule has 1 aromatic rings. The maximum Gasteiger partial charge on any atom is 0.241 e. The highest BCUT2D eigenvalue weighted by atomic mass is 32.2. The van der Waals surface area contributed by atoms with E-state index in [1.54, 1.807) is 19.1 Å². The average molecular weight is 314 g/mol. The summed E-state index contributed by atoms with van der Waals surface area (Å²) in [5, 5.41) is 2.65. The van der Waals surface area contributed by atoms with Crippen LogP contribution in [0.5, 0.6) is 5.75 Å². The number of hydrogen-bond acceptors (Lipinski definition) is 4. The molecule has 21 heavy (non-hydrogen) atoms. The van der Waals surface area contributed by atoms with Gasteiger partial charge < -0.3 is 10.1 Å². The Labute approximate surface area is 125 Å². The molecule has 118 valence electrons. The summed E-state index contributed by atoms with van der Waals surface area (Å²) in [4.78, 5) is 11.7. The number of nitrogens with one attached hydrogen (secondary N) is 2. The van der Waals surface area contributed by atoms with Crippen molar-refractivity contribution in [1.82, 2.24) is 10.0 Å². The second kappa shape index (κ2) is 7.42. The van der Waals surface area contributed by atoms with Crippen LogP contribution in [-0.2, 0) is 14.8 Å². The molecule has 0 radical (unpaired) electrons. The summed E-state index contributed by atoms with van der Waals surface area (Å²) in [5.41, 5.74) is 0.560. The molecule has 1 rings (SSSR count). The largest absolute Gasteiger partial charge is 0.497 e. The first kappa shape index (κ1) is 17.5. The summed E-state index contributed by atoms with van der Waals surface area (Å²) in [6.45, 7) is 5.84. The Hall–Kier alpha value is -1.60. The summed E-state index contributed by atoms with van der Waals surface area (Å²) in [7, 11) is -2.20. The van der Waals surface area contributed by atoms with Crippen molar-refractivity contribution >= 4 is 15.9 Å². The first-order chi connectivity index (χ1) is 9.76. The fourth-order valence-corrected chi connectivity index (χ4v) is 2.88. The summed E-state index contributed by atoms with van der Waals surface area (Å²) in [5.74, 6) is 0.550. The van der Waals surface area contributed by atoms with E-state index >= 15 is 0 Å². The van der Waals surface area contributed by atoms with Gasteiger partial charge in [0.2, 0.25) is 15.9 Å². The first-order valence-electron chi connectivity index (χ1n) is 6.67. The number of sulfonamides is 1. The topological polar surface area (TPSA) is 84.5 Å². The van der Waals surface area contributed by atoms with Crippen molar-refractivity contribution in [2.45, 2.75) is 25.7 Å². The molecule has 0 atom stereocenters. The van der Waals surface area contributed by atoms with Crippen molar-refractivity contribution in [1.29, 1.82) is 0 Å². The molecular formula is C14H22N2O4S. The highest BCUT2D eigenvalue weighted by Crippen LogP contribution is 2.20. The molecule has 0 saturated carbocycles. The van der Waals surface area contributed by atoms with Gasteiger partial charge in [-0.2, -0.15) is 0 Å². The Morgan fingerprint density at radius 1 is 1.33 bits per heavy atom. The van der Waals surface area contributed by atoms with Gasteiger partial charge in [0, 0.05) is 6.54 Å². The van der Waals surface area contributed by atoms with Gasteiger partial charge in [-0.1, -0.05) is 13.8 Å². The number of benzene rings is 1. The molecule has 0 saturated heterocycles. The molecule has 0 aliphatic rings. The molecule has 6 nitrogen and oxygen atoms in total. The van der Waals surface area contributed by atoms with E-state index in [4.69, 9.17) is 4.74 Å². The fourth-order valence-electron chi connectivity index (χ4n) is 1.67. The van der Waals surface area contributed by atoms with Crippen LogP contribution in [0.2, 0.25) is 0 Å². The van der Waals surface area contributed by atoms with E-state index in [-0.39, 0.29) is 17.3 Å². The van der Waals surface area contributed by atoms with Gasteiger partial charge in [0.1, 0.15) is 5.75 Å². The maximum absolute atomic E-state index is 12.2. The van der Waals surface area contributed by atoms with Crippen LogP contribution in [0.15, 0.2) is 23.1 Å². The summed E-state index contributed by atoms with van der Waals surface area (Å²) in [6, 6.07) is 4.66. The van der Waals surface area contributed by atoms with E-state index in [2.05, 4.69) is 10.0 Å². The summed E-state index contributed by atoms with van der Waals surface area (Å²) < 4.78 is 31.7. The Kier molecular flexibility index (Phi) is 6.17. The van der Waals surface area contributed by atoms with Crippen LogP contribution in [-0.4, -0.2) is 34.5 Å². The Bertz CT molecular complexity index is 597. The van der Waals surface area contributed by atoms with Crippen molar-refractivity contribution in [3.8, 4) is 5.75 Å². The van der Waals surface area contributed by atoms with Crippen molar-refractivity contribution in [3.05, 3.63) is 23.8 Å². The van der Waals surface area contributed by atoms with Crippen molar-refractivity contribution in [3.63, 3.8) is 0 Å².